The van der Waals surface area contributed by atoms with Crippen molar-refractivity contribution in [2.75, 3.05) is 35.7 Å². The zero-order valence-corrected chi connectivity index (χ0v) is 11.3. The van der Waals surface area contributed by atoms with Crippen molar-refractivity contribution in [1.82, 2.24) is 14.4 Å². The summed E-state index contributed by atoms with van der Waals surface area (Å²) in [5.74, 6) is 2.78. The van der Waals surface area contributed by atoms with E-state index in [1.807, 2.05) is 30.8 Å². The summed E-state index contributed by atoms with van der Waals surface area (Å²) < 4.78 is 13.3. The lowest BCUT2D eigenvalue weighted by Gasteiger charge is -2.08. The van der Waals surface area contributed by atoms with Crippen LogP contribution in [0.3, 0.4) is 0 Å². The number of imidazole rings is 1. The van der Waals surface area contributed by atoms with Gasteiger partial charge >= 0.3 is 0 Å². The third-order valence-corrected chi connectivity index (χ3v) is 3.88. The number of aromatic nitrogens is 3. The van der Waals surface area contributed by atoms with E-state index >= 15 is 0 Å². The standard InChI is InChI=1S/C11H17N5OS/c1-3-18(17)7-5-13-10-11-14-4-6-16(11)8-9(12-2)15-10/h4,6,8,12H,3,5,7H2,1-2H3,(H,13,15). The van der Waals surface area contributed by atoms with Crippen molar-refractivity contribution in [1.29, 1.82) is 0 Å². The molecule has 0 aliphatic carbocycles. The molecular formula is C11H17N5OS. The Morgan fingerprint density at radius 1 is 1.50 bits per heavy atom. The van der Waals surface area contributed by atoms with Crippen molar-refractivity contribution in [2.24, 2.45) is 0 Å². The smallest absolute Gasteiger partial charge is 0.180 e. The van der Waals surface area contributed by atoms with E-state index in [-0.39, 0.29) is 0 Å². The van der Waals surface area contributed by atoms with Gasteiger partial charge in [0.05, 0.1) is 6.20 Å². The molecule has 1 atom stereocenters. The van der Waals surface area contributed by atoms with E-state index in [2.05, 4.69) is 20.6 Å². The molecule has 0 saturated carbocycles. The average molecular weight is 267 g/mol. The first-order valence-corrected chi connectivity index (χ1v) is 7.33. The molecule has 0 radical (unpaired) electrons. The Hall–Kier alpha value is -1.63. The van der Waals surface area contributed by atoms with Crippen LogP contribution >= 0.6 is 0 Å². The molecule has 18 heavy (non-hydrogen) atoms. The zero-order valence-electron chi connectivity index (χ0n) is 10.5. The number of anilines is 2. The molecule has 6 nitrogen and oxygen atoms in total. The lowest BCUT2D eigenvalue weighted by molar-refractivity contribution is 0.684. The maximum atomic E-state index is 11.4. The van der Waals surface area contributed by atoms with Gasteiger partial charge in [-0.3, -0.25) is 4.21 Å². The van der Waals surface area contributed by atoms with Gasteiger partial charge in [0.25, 0.3) is 0 Å². The fourth-order valence-corrected chi connectivity index (χ4v) is 2.22. The van der Waals surface area contributed by atoms with Gasteiger partial charge in [-0.1, -0.05) is 6.92 Å². The Morgan fingerprint density at radius 3 is 3.06 bits per heavy atom. The molecule has 0 amide bonds. The van der Waals surface area contributed by atoms with Crippen molar-refractivity contribution >= 4 is 28.1 Å². The van der Waals surface area contributed by atoms with Gasteiger partial charge < -0.3 is 15.0 Å². The van der Waals surface area contributed by atoms with Gasteiger partial charge in [0.2, 0.25) is 0 Å². The van der Waals surface area contributed by atoms with E-state index in [1.165, 1.54) is 0 Å². The number of nitrogens with one attached hydrogen (secondary N) is 2. The van der Waals surface area contributed by atoms with E-state index in [1.54, 1.807) is 6.20 Å². The second-order valence-electron chi connectivity index (χ2n) is 3.74. The zero-order chi connectivity index (χ0) is 13.0. The van der Waals surface area contributed by atoms with Crippen LogP contribution in [-0.2, 0) is 10.8 Å². The van der Waals surface area contributed by atoms with Crippen LogP contribution < -0.4 is 10.6 Å². The van der Waals surface area contributed by atoms with E-state index in [9.17, 15) is 4.21 Å². The van der Waals surface area contributed by atoms with Gasteiger partial charge in [0.15, 0.2) is 11.5 Å². The van der Waals surface area contributed by atoms with Crippen LogP contribution in [0, 0.1) is 0 Å². The molecule has 7 heteroatoms. The van der Waals surface area contributed by atoms with Crippen LogP contribution in [0.5, 0.6) is 0 Å². The van der Waals surface area contributed by atoms with Gasteiger partial charge in [0, 0.05) is 48.3 Å². The fourth-order valence-electron chi connectivity index (χ4n) is 1.60. The van der Waals surface area contributed by atoms with Gasteiger partial charge in [-0.05, 0) is 0 Å². The monoisotopic (exact) mass is 267 g/mol. The average Bonchev–Trinajstić information content (AvgIpc) is 2.86. The Morgan fingerprint density at radius 2 is 2.33 bits per heavy atom. The number of rotatable bonds is 6. The molecule has 0 bridgehead atoms. The minimum Gasteiger partial charge on any atom is -0.372 e. The van der Waals surface area contributed by atoms with Crippen LogP contribution in [0.25, 0.3) is 5.65 Å². The van der Waals surface area contributed by atoms with Gasteiger partial charge in [-0.25, -0.2) is 9.97 Å². The van der Waals surface area contributed by atoms with Crippen molar-refractivity contribution in [2.45, 2.75) is 6.92 Å². The van der Waals surface area contributed by atoms with E-state index < -0.39 is 10.8 Å². The molecule has 2 heterocycles. The highest BCUT2D eigenvalue weighted by atomic mass is 32.2. The minimum absolute atomic E-state index is 0.620. The Bertz CT molecular complexity index is 553. The van der Waals surface area contributed by atoms with Crippen molar-refractivity contribution < 1.29 is 4.21 Å². The van der Waals surface area contributed by atoms with Crippen LogP contribution in [0.2, 0.25) is 0 Å². The SMILES string of the molecule is CCS(=O)CCNc1nc(NC)cn2ccnc12. The molecule has 0 aliphatic rings. The predicted octanol–water partition coefficient (Wildman–Crippen LogP) is 0.951. The lowest BCUT2D eigenvalue weighted by Crippen LogP contribution is -2.14. The lowest BCUT2D eigenvalue weighted by atomic mass is 10.5. The highest BCUT2D eigenvalue weighted by Gasteiger charge is 2.06. The van der Waals surface area contributed by atoms with Crippen molar-refractivity contribution in [3.05, 3.63) is 18.6 Å². The number of hydrogen-bond acceptors (Lipinski definition) is 5. The normalized spacial score (nSPS) is 12.6. The molecule has 98 valence electrons. The summed E-state index contributed by atoms with van der Waals surface area (Å²) in [7, 11) is 1.06. The van der Waals surface area contributed by atoms with E-state index in [0.717, 1.165) is 11.5 Å². The quantitative estimate of drug-likeness (QED) is 0.815. The molecule has 2 N–H and O–H groups in total. The highest BCUT2D eigenvalue weighted by molar-refractivity contribution is 7.84. The minimum atomic E-state index is -0.765. The van der Waals surface area contributed by atoms with Gasteiger partial charge in [-0.15, -0.1) is 0 Å². The second kappa shape index (κ2) is 5.81. The maximum Gasteiger partial charge on any atom is 0.180 e. The number of fused-ring (bicyclic) bond motifs is 1. The van der Waals surface area contributed by atoms with Crippen LogP contribution in [0.15, 0.2) is 18.6 Å². The van der Waals surface area contributed by atoms with Crippen LogP contribution in [0.4, 0.5) is 11.6 Å². The Kier molecular flexibility index (Phi) is 4.14. The van der Waals surface area contributed by atoms with Crippen molar-refractivity contribution in [3.8, 4) is 0 Å². The summed E-state index contributed by atoms with van der Waals surface area (Å²) >= 11 is 0. The molecule has 2 aromatic rings. The summed E-state index contributed by atoms with van der Waals surface area (Å²) in [6, 6.07) is 0. The van der Waals surface area contributed by atoms with Crippen molar-refractivity contribution in [3.63, 3.8) is 0 Å². The van der Waals surface area contributed by atoms with Gasteiger partial charge in [-0.2, -0.15) is 0 Å². The van der Waals surface area contributed by atoms with Gasteiger partial charge in [0.1, 0.15) is 5.82 Å². The second-order valence-corrected chi connectivity index (χ2v) is 5.61. The number of hydrogen-bond donors (Lipinski definition) is 2. The molecule has 0 aromatic carbocycles. The molecule has 1 unspecified atom stereocenters. The third-order valence-electron chi connectivity index (χ3n) is 2.57. The fraction of sp³-hybridized carbons (Fsp3) is 0.455. The van der Waals surface area contributed by atoms with E-state index in [4.69, 9.17) is 0 Å². The van der Waals surface area contributed by atoms with E-state index in [0.29, 0.717) is 23.9 Å². The summed E-state index contributed by atoms with van der Waals surface area (Å²) in [6.45, 7) is 2.55. The topological polar surface area (TPSA) is 71.3 Å². The first-order valence-electron chi connectivity index (χ1n) is 5.85. The number of nitrogens with zero attached hydrogens (tertiary/aromatic N) is 3. The first-order chi connectivity index (χ1) is 8.74. The molecule has 2 rings (SSSR count). The molecule has 0 saturated heterocycles. The molecule has 0 aliphatic heterocycles. The first kappa shape index (κ1) is 12.8. The molecule has 0 fully saturated rings. The largest absolute Gasteiger partial charge is 0.372 e. The molecule has 2 aromatic heterocycles. The summed E-state index contributed by atoms with van der Waals surface area (Å²) in [5.41, 5.74) is 0.774. The summed E-state index contributed by atoms with van der Waals surface area (Å²) in [4.78, 5) is 8.66. The summed E-state index contributed by atoms with van der Waals surface area (Å²) in [6.07, 6.45) is 5.47. The highest BCUT2D eigenvalue weighted by Crippen LogP contribution is 2.15. The molecular weight excluding hydrogens is 250 g/mol. The summed E-state index contributed by atoms with van der Waals surface area (Å²) in [5, 5.41) is 6.19. The maximum absolute atomic E-state index is 11.4. The Labute approximate surface area is 108 Å². The third kappa shape index (κ3) is 2.79. The predicted molar refractivity (Wildman–Crippen MR) is 74.6 cm³/mol. The Balaban J connectivity index is 2.15. The van der Waals surface area contributed by atoms with Crippen LogP contribution in [-0.4, -0.2) is 43.7 Å². The van der Waals surface area contributed by atoms with Crippen LogP contribution in [0.1, 0.15) is 6.92 Å². The molecule has 0 spiro atoms.